The van der Waals surface area contributed by atoms with Gasteiger partial charge in [0, 0.05) is 39.2 Å². The fraction of sp³-hybridized carbons (Fsp3) is 0.733. The largest absolute Gasteiger partial charge is 0.393 e. The summed E-state index contributed by atoms with van der Waals surface area (Å²) >= 11 is 0. The van der Waals surface area contributed by atoms with Crippen molar-refractivity contribution in [3.05, 3.63) is 17.5 Å². The van der Waals surface area contributed by atoms with Gasteiger partial charge in [-0.2, -0.15) is 5.10 Å². The first-order valence-corrected chi connectivity index (χ1v) is 7.38. The third kappa shape index (κ3) is 3.60. The van der Waals surface area contributed by atoms with E-state index in [4.69, 9.17) is 0 Å². The van der Waals surface area contributed by atoms with Crippen LogP contribution in [0.4, 0.5) is 0 Å². The van der Waals surface area contributed by atoms with Gasteiger partial charge < -0.3 is 10.0 Å². The Kier molecular flexibility index (Phi) is 4.81. The maximum Gasteiger partial charge on any atom is 0.222 e. The summed E-state index contributed by atoms with van der Waals surface area (Å²) in [7, 11) is 3.73. The summed E-state index contributed by atoms with van der Waals surface area (Å²) in [5, 5.41) is 14.1. The van der Waals surface area contributed by atoms with Gasteiger partial charge in [0.2, 0.25) is 5.91 Å². The highest BCUT2D eigenvalue weighted by Gasteiger charge is 2.27. The van der Waals surface area contributed by atoms with Gasteiger partial charge >= 0.3 is 0 Å². The molecule has 0 bridgehead atoms. The van der Waals surface area contributed by atoms with Crippen LogP contribution in [0.15, 0.2) is 6.20 Å². The highest BCUT2D eigenvalue weighted by atomic mass is 16.3. The van der Waals surface area contributed by atoms with Crippen LogP contribution in [0, 0.1) is 12.8 Å². The van der Waals surface area contributed by atoms with Gasteiger partial charge in [0.25, 0.3) is 0 Å². The maximum atomic E-state index is 12.1. The molecule has 1 amide bonds. The summed E-state index contributed by atoms with van der Waals surface area (Å²) in [5.41, 5.74) is 2.13. The Morgan fingerprint density at radius 1 is 1.55 bits per heavy atom. The molecule has 0 aromatic carbocycles. The lowest BCUT2D eigenvalue weighted by atomic mass is 10.1. The van der Waals surface area contributed by atoms with Crippen molar-refractivity contribution >= 4 is 5.91 Å². The van der Waals surface area contributed by atoms with Crippen LogP contribution in [-0.2, 0) is 18.3 Å². The van der Waals surface area contributed by atoms with E-state index < -0.39 is 0 Å². The van der Waals surface area contributed by atoms with Gasteiger partial charge in [-0.1, -0.05) is 6.42 Å². The highest BCUT2D eigenvalue weighted by Crippen LogP contribution is 2.26. The standard InChI is InChI=1S/C15H25N3O2/c1-11-12(10-18(3)16-11)7-8-15(20)17(2)9-13-5-4-6-14(13)19/h10,13-14,19H,4-9H2,1-3H3. The topological polar surface area (TPSA) is 58.4 Å². The number of hydrogen-bond donors (Lipinski definition) is 1. The van der Waals surface area contributed by atoms with Gasteiger partial charge in [-0.15, -0.1) is 0 Å². The molecular formula is C15H25N3O2. The number of aliphatic hydroxyl groups is 1. The summed E-state index contributed by atoms with van der Waals surface area (Å²) in [6.45, 7) is 2.64. The Morgan fingerprint density at radius 2 is 2.30 bits per heavy atom. The van der Waals surface area contributed by atoms with Crippen LogP contribution in [0.2, 0.25) is 0 Å². The van der Waals surface area contributed by atoms with Crippen LogP contribution < -0.4 is 0 Å². The number of carbonyl (C=O) groups is 1. The molecule has 1 fully saturated rings. The van der Waals surface area contributed by atoms with Crippen molar-refractivity contribution < 1.29 is 9.90 Å². The monoisotopic (exact) mass is 279 g/mol. The molecule has 20 heavy (non-hydrogen) atoms. The smallest absolute Gasteiger partial charge is 0.222 e. The summed E-state index contributed by atoms with van der Waals surface area (Å²) in [5.74, 6) is 0.399. The molecule has 5 nitrogen and oxygen atoms in total. The number of aryl methyl sites for hydroxylation is 3. The Morgan fingerprint density at radius 3 is 2.85 bits per heavy atom. The predicted octanol–water partition coefficient (Wildman–Crippen LogP) is 1.28. The highest BCUT2D eigenvalue weighted by molar-refractivity contribution is 5.76. The van der Waals surface area contributed by atoms with Crippen LogP contribution in [-0.4, -0.2) is 45.4 Å². The normalized spacial score (nSPS) is 22.2. The average Bonchev–Trinajstić information content (AvgIpc) is 2.93. The lowest BCUT2D eigenvalue weighted by Crippen LogP contribution is -2.34. The van der Waals surface area contributed by atoms with Gasteiger partial charge in [0.1, 0.15) is 0 Å². The molecule has 2 unspecified atom stereocenters. The van der Waals surface area contributed by atoms with E-state index in [-0.39, 0.29) is 17.9 Å². The maximum absolute atomic E-state index is 12.1. The van der Waals surface area contributed by atoms with Crippen LogP contribution in [0.1, 0.15) is 36.9 Å². The summed E-state index contributed by atoms with van der Waals surface area (Å²) in [4.78, 5) is 13.9. The van der Waals surface area contributed by atoms with Crippen molar-refractivity contribution in [2.24, 2.45) is 13.0 Å². The zero-order valence-electron chi connectivity index (χ0n) is 12.7. The number of rotatable bonds is 5. The second-order valence-corrected chi connectivity index (χ2v) is 5.95. The minimum atomic E-state index is -0.231. The van der Waals surface area contributed by atoms with Crippen LogP contribution in [0.5, 0.6) is 0 Å². The molecule has 1 saturated carbocycles. The van der Waals surface area contributed by atoms with E-state index in [1.54, 1.807) is 9.58 Å². The minimum absolute atomic E-state index is 0.146. The van der Waals surface area contributed by atoms with Crippen molar-refractivity contribution in [1.82, 2.24) is 14.7 Å². The van der Waals surface area contributed by atoms with E-state index in [1.807, 2.05) is 27.2 Å². The van der Waals surface area contributed by atoms with Gasteiger partial charge in [-0.3, -0.25) is 9.48 Å². The van der Waals surface area contributed by atoms with E-state index in [2.05, 4.69) is 5.10 Å². The number of amides is 1. The Bertz CT molecular complexity index is 470. The van der Waals surface area contributed by atoms with Gasteiger partial charge in [0.15, 0.2) is 0 Å². The molecule has 2 atom stereocenters. The van der Waals surface area contributed by atoms with E-state index >= 15 is 0 Å². The van der Waals surface area contributed by atoms with Crippen molar-refractivity contribution in [3.8, 4) is 0 Å². The van der Waals surface area contributed by atoms with Crippen molar-refractivity contribution in [1.29, 1.82) is 0 Å². The molecule has 0 radical (unpaired) electrons. The Labute approximate surface area is 120 Å². The fourth-order valence-electron chi connectivity index (χ4n) is 3.01. The Hall–Kier alpha value is -1.36. The van der Waals surface area contributed by atoms with E-state index in [0.717, 1.165) is 36.9 Å². The zero-order valence-corrected chi connectivity index (χ0v) is 12.7. The zero-order chi connectivity index (χ0) is 14.7. The van der Waals surface area contributed by atoms with Crippen molar-refractivity contribution in [3.63, 3.8) is 0 Å². The predicted molar refractivity (Wildman–Crippen MR) is 77.3 cm³/mol. The summed E-state index contributed by atoms with van der Waals surface area (Å²) in [6, 6.07) is 0. The van der Waals surface area contributed by atoms with Gasteiger partial charge in [-0.05, 0) is 31.7 Å². The number of carbonyl (C=O) groups excluding carboxylic acids is 1. The number of hydrogen-bond acceptors (Lipinski definition) is 3. The van der Waals surface area contributed by atoms with Crippen LogP contribution in [0.25, 0.3) is 0 Å². The van der Waals surface area contributed by atoms with Gasteiger partial charge in [-0.25, -0.2) is 0 Å². The second kappa shape index (κ2) is 6.39. The molecular weight excluding hydrogens is 254 g/mol. The number of aromatic nitrogens is 2. The molecule has 0 spiro atoms. The SMILES string of the molecule is Cc1nn(C)cc1CCC(=O)N(C)CC1CCCC1O. The minimum Gasteiger partial charge on any atom is -0.393 e. The second-order valence-electron chi connectivity index (χ2n) is 5.95. The molecule has 1 aliphatic rings. The molecule has 1 heterocycles. The number of nitrogens with zero attached hydrogens (tertiary/aromatic N) is 3. The van der Waals surface area contributed by atoms with E-state index in [1.165, 1.54) is 0 Å². The molecule has 0 saturated heterocycles. The first-order chi connectivity index (χ1) is 9.47. The van der Waals surface area contributed by atoms with Crippen molar-refractivity contribution in [2.75, 3.05) is 13.6 Å². The van der Waals surface area contributed by atoms with Crippen LogP contribution >= 0.6 is 0 Å². The molecule has 5 heteroatoms. The van der Waals surface area contributed by atoms with Crippen LogP contribution in [0.3, 0.4) is 0 Å². The molecule has 112 valence electrons. The van der Waals surface area contributed by atoms with Crippen molar-refractivity contribution in [2.45, 2.75) is 45.1 Å². The first kappa shape index (κ1) is 15.0. The molecule has 0 aliphatic heterocycles. The quantitative estimate of drug-likeness (QED) is 0.883. The number of aliphatic hydroxyl groups excluding tert-OH is 1. The van der Waals surface area contributed by atoms with E-state index in [0.29, 0.717) is 13.0 Å². The third-order valence-electron chi connectivity index (χ3n) is 4.28. The van der Waals surface area contributed by atoms with E-state index in [9.17, 15) is 9.90 Å². The molecule has 2 rings (SSSR count). The first-order valence-electron chi connectivity index (χ1n) is 7.38. The molecule has 1 aromatic heterocycles. The lowest BCUT2D eigenvalue weighted by molar-refractivity contribution is -0.130. The Balaban J connectivity index is 1.80. The lowest BCUT2D eigenvalue weighted by Gasteiger charge is -2.23. The van der Waals surface area contributed by atoms with Gasteiger partial charge in [0.05, 0.1) is 11.8 Å². The summed E-state index contributed by atoms with van der Waals surface area (Å²) < 4.78 is 1.79. The molecule has 1 aromatic rings. The third-order valence-corrected chi connectivity index (χ3v) is 4.28. The summed E-state index contributed by atoms with van der Waals surface area (Å²) in [6.07, 6.45) is 5.96. The molecule has 1 aliphatic carbocycles. The molecule has 1 N–H and O–H groups in total. The average molecular weight is 279 g/mol. The fourth-order valence-corrected chi connectivity index (χ4v) is 3.01.